The van der Waals surface area contributed by atoms with Gasteiger partial charge in [-0.05, 0) is 11.8 Å². The van der Waals surface area contributed by atoms with Crippen molar-refractivity contribution in [2.75, 3.05) is 33.9 Å². The molecule has 0 rings (SSSR count). The number of nitrogens with one attached hydrogen (secondary N) is 1. The van der Waals surface area contributed by atoms with E-state index in [1.807, 2.05) is 11.8 Å². The Morgan fingerprint density at radius 1 is 0.960 bits per heavy atom. The highest BCUT2D eigenvalue weighted by molar-refractivity contribution is 8.13. The lowest BCUT2D eigenvalue weighted by Gasteiger charge is -2.11. The first-order valence-corrected chi connectivity index (χ1v) is 10.0. The van der Waals surface area contributed by atoms with Gasteiger partial charge in [-0.1, -0.05) is 11.1 Å². The summed E-state index contributed by atoms with van der Waals surface area (Å²) in [6.45, 7) is 2.16. The summed E-state index contributed by atoms with van der Waals surface area (Å²) in [7, 11) is -4.92. The van der Waals surface area contributed by atoms with E-state index < -0.39 is 35.2 Å². The van der Waals surface area contributed by atoms with Gasteiger partial charge in [-0.25, -0.2) is 16.8 Å². The van der Waals surface area contributed by atoms with E-state index in [9.17, 15) is 43.2 Å². The lowest BCUT2D eigenvalue weighted by Crippen LogP contribution is -2.45. The minimum absolute atomic E-state index is 0.493. The predicted molar refractivity (Wildman–Crippen MR) is 82.0 cm³/mol. The zero-order valence-electron chi connectivity index (χ0n) is 13.7. The second-order valence-electron chi connectivity index (χ2n) is 4.49. The van der Waals surface area contributed by atoms with Crippen LogP contribution in [0.5, 0.6) is 0 Å². The Morgan fingerprint density at radius 2 is 1.28 bits per heavy atom. The lowest BCUT2D eigenvalue weighted by molar-refractivity contribution is -0.466. The Morgan fingerprint density at radius 3 is 1.40 bits per heavy atom. The maximum Gasteiger partial charge on any atom is 0.512 e. The van der Waals surface area contributed by atoms with Crippen LogP contribution in [0.3, 0.4) is 0 Å². The molecule has 0 heterocycles. The monoisotopic (exact) mass is 442 g/mol. The summed E-state index contributed by atoms with van der Waals surface area (Å²) in [5.74, 6) is 1.13. The molecular weight excluding hydrogens is 424 g/mol. The van der Waals surface area contributed by atoms with Gasteiger partial charge >= 0.3 is 36.2 Å². The fourth-order valence-electron chi connectivity index (χ4n) is 1.03. The average molecular weight is 442 g/mol. The molecule has 0 atom stereocenters. The van der Waals surface area contributed by atoms with E-state index in [0.717, 1.165) is 5.75 Å². The van der Waals surface area contributed by atoms with Crippen LogP contribution in [0.15, 0.2) is 0 Å². The normalized spacial score (nSPS) is 12.9. The number of amidine groups is 1. The summed E-state index contributed by atoms with van der Waals surface area (Å²) >= 11 is 1.86. The topological polar surface area (TPSA) is 86.6 Å². The Balaban J connectivity index is 0. The van der Waals surface area contributed by atoms with Crippen LogP contribution in [0.2, 0.25) is 0 Å². The highest BCUT2D eigenvalue weighted by Gasteiger charge is 2.55. The molecule has 0 aromatic heterocycles. The molecule has 0 saturated heterocycles. The van der Waals surface area contributed by atoms with Gasteiger partial charge in [0.15, 0.2) is 0 Å². The Kier molecular flexibility index (Phi) is 9.82. The fourth-order valence-corrected chi connectivity index (χ4v) is 3.71. The quantitative estimate of drug-likeness (QED) is 0.306. The minimum atomic E-state index is -6.60. The Hall–Kier alpha value is -0.740. The maximum absolute atomic E-state index is 11.5. The number of sulfonamides is 2. The summed E-state index contributed by atoms with van der Waals surface area (Å²) in [6.07, 6.45) is 0. The van der Waals surface area contributed by atoms with Crippen molar-refractivity contribution >= 4 is 37.0 Å². The molecule has 0 saturated carbocycles. The molecule has 16 heteroatoms. The molecule has 0 aliphatic carbocycles. The second-order valence-corrected chi connectivity index (χ2v) is 9.32. The van der Waals surface area contributed by atoms with Crippen molar-refractivity contribution in [2.24, 2.45) is 0 Å². The van der Waals surface area contributed by atoms with Crippen LogP contribution < -0.4 is 4.13 Å². The van der Waals surface area contributed by atoms with E-state index in [4.69, 9.17) is 0 Å². The van der Waals surface area contributed by atoms with Crippen LogP contribution in [0.4, 0.5) is 26.3 Å². The number of halogens is 6. The molecule has 0 radical (unpaired) electrons. The van der Waals surface area contributed by atoms with E-state index in [-0.39, 0.29) is 0 Å². The third-order valence-electron chi connectivity index (χ3n) is 1.87. The molecule has 0 spiro atoms. The van der Waals surface area contributed by atoms with Crippen molar-refractivity contribution in [3.05, 3.63) is 0 Å². The molecule has 0 aromatic rings. The largest absolute Gasteiger partial charge is 0.512 e. The van der Waals surface area contributed by atoms with Crippen molar-refractivity contribution in [1.82, 2.24) is 9.03 Å². The van der Waals surface area contributed by atoms with E-state index >= 15 is 0 Å². The summed E-state index contributed by atoms with van der Waals surface area (Å²) in [5.41, 5.74) is -12.3. The first-order chi connectivity index (χ1) is 10.8. The number of hydrogen-bond acceptors (Lipinski definition) is 5. The molecule has 0 bridgehead atoms. The van der Waals surface area contributed by atoms with Crippen molar-refractivity contribution in [1.29, 1.82) is 0 Å². The predicted octanol–water partition coefficient (Wildman–Crippen LogP) is 1.20. The van der Waals surface area contributed by atoms with Gasteiger partial charge in [-0.3, -0.25) is 9.48 Å². The molecule has 0 amide bonds. The highest BCUT2D eigenvalue weighted by Crippen LogP contribution is 2.27. The SMILES string of the molecule is CCSC(N(C)C)=[N+](C)C.O=S(=O)(NS(=O)(=O)C(F)(F)F)C(F)(F)F. The van der Waals surface area contributed by atoms with Gasteiger partial charge in [-0.15, -0.1) is 0 Å². The molecular formula is C9H18F6N3O4S3+. The second kappa shape index (κ2) is 9.27. The molecule has 0 aromatic carbocycles. The summed E-state index contributed by atoms with van der Waals surface area (Å²) in [4.78, 5) is 2.13. The number of hydrogen-bond donors (Lipinski definition) is 1. The third kappa shape index (κ3) is 8.96. The van der Waals surface area contributed by atoms with E-state index in [0.29, 0.717) is 0 Å². The van der Waals surface area contributed by atoms with E-state index in [1.165, 1.54) is 5.17 Å². The fraction of sp³-hybridized carbons (Fsp3) is 0.889. The number of alkyl halides is 6. The molecule has 152 valence electrons. The lowest BCUT2D eigenvalue weighted by atomic mass is 10.9. The number of nitrogens with zero attached hydrogens (tertiary/aromatic N) is 2. The molecule has 25 heavy (non-hydrogen) atoms. The van der Waals surface area contributed by atoms with Crippen molar-refractivity contribution in [3.63, 3.8) is 0 Å². The zero-order chi connectivity index (χ0) is 20.9. The molecule has 0 aliphatic rings. The van der Waals surface area contributed by atoms with E-state index in [1.54, 1.807) is 0 Å². The number of thioether (sulfide) groups is 1. The smallest absolute Gasteiger partial charge is 0.262 e. The van der Waals surface area contributed by atoms with Crippen LogP contribution in [-0.2, 0) is 20.0 Å². The van der Waals surface area contributed by atoms with Gasteiger partial charge in [0.25, 0.3) is 0 Å². The zero-order valence-corrected chi connectivity index (χ0v) is 16.2. The molecule has 0 aliphatic heterocycles. The molecule has 1 N–H and O–H groups in total. The molecule has 0 unspecified atom stereocenters. The summed E-state index contributed by atoms with van der Waals surface area (Å²) in [6, 6.07) is 0. The van der Waals surface area contributed by atoms with Crippen LogP contribution in [0, 0.1) is 0 Å². The van der Waals surface area contributed by atoms with Crippen LogP contribution in [0.25, 0.3) is 0 Å². The van der Waals surface area contributed by atoms with Crippen molar-refractivity contribution in [2.45, 2.75) is 17.9 Å². The first-order valence-electron chi connectivity index (χ1n) is 6.05. The van der Waals surface area contributed by atoms with Crippen LogP contribution >= 0.6 is 11.8 Å². The van der Waals surface area contributed by atoms with Gasteiger partial charge in [0.05, 0.1) is 28.2 Å². The first kappa shape index (κ1) is 26.5. The Bertz CT molecular complexity index is 622. The maximum atomic E-state index is 11.5. The highest BCUT2D eigenvalue weighted by atomic mass is 32.3. The van der Waals surface area contributed by atoms with Crippen molar-refractivity contribution in [3.8, 4) is 0 Å². The van der Waals surface area contributed by atoms with E-state index in [2.05, 4.69) is 44.6 Å². The summed E-state index contributed by atoms with van der Waals surface area (Å²) in [5, 5.41) is 1.31. The van der Waals surface area contributed by atoms with Crippen LogP contribution in [0.1, 0.15) is 6.92 Å². The number of rotatable bonds is 3. The van der Waals surface area contributed by atoms with Gasteiger partial charge in [0, 0.05) is 5.75 Å². The van der Waals surface area contributed by atoms with Gasteiger partial charge in [0.1, 0.15) is 0 Å². The van der Waals surface area contributed by atoms with Gasteiger partial charge < -0.3 is 0 Å². The third-order valence-corrected chi connectivity index (χ3v) is 6.12. The minimum Gasteiger partial charge on any atom is -0.262 e. The van der Waals surface area contributed by atoms with Crippen molar-refractivity contribution < 1.29 is 47.8 Å². The Labute approximate surface area is 146 Å². The molecule has 7 nitrogen and oxygen atoms in total. The van der Waals surface area contributed by atoms with Crippen LogP contribution in [-0.4, -0.2) is 76.4 Å². The van der Waals surface area contributed by atoms with Gasteiger partial charge in [-0.2, -0.15) is 26.3 Å². The van der Waals surface area contributed by atoms with Gasteiger partial charge in [0.2, 0.25) is 0 Å². The standard InChI is InChI=1S/C7H17N2S.C2HF6NO4S2/c1-6-10-7(8(2)3)9(4)5;3-1(4,5)14(10,11)9-15(12,13)2(6,7)8/h6H2,1-5H3;9H/q+1;. The molecule has 0 fully saturated rings. The summed E-state index contributed by atoms with van der Waals surface area (Å²) < 4.78 is 110. The average Bonchev–Trinajstić information content (AvgIpc) is 2.31.